The first-order chi connectivity index (χ1) is 13.6. The fraction of sp³-hybridized carbons (Fsp3) is 0.0455. The van der Waals surface area contributed by atoms with Crippen LogP contribution in [-0.4, -0.2) is 11.0 Å². The van der Waals surface area contributed by atoms with Crippen LogP contribution in [0.4, 0.5) is 0 Å². The average molecular weight is 436 g/mol. The molecule has 0 spiro atoms. The Morgan fingerprint density at radius 1 is 1.04 bits per heavy atom. The Hall–Kier alpha value is -3.25. The molecule has 138 valence electrons. The Morgan fingerprint density at radius 3 is 2.57 bits per heavy atom. The number of rotatable bonds is 3. The number of hydrogen-bond donors (Lipinski definition) is 0. The summed E-state index contributed by atoms with van der Waals surface area (Å²) in [5, 5.41) is 0.330. The smallest absolute Gasteiger partial charge is 0.347 e. The average Bonchev–Trinajstić information content (AvgIpc) is 2.72. The topological polar surface area (TPSA) is 69.4 Å². The lowest BCUT2D eigenvalue weighted by atomic mass is 10.0. The molecule has 2 aromatic carbocycles. The minimum Gasteiger partial charge on any atom is -0.455 e. The van der Waals surface area contributed by atoms with E-state index in [4.69, 9.17) is 9.15 Å². The van der Waals surface area contributed by atoms with Gasteiger partial charge in [0, 0.05) is 17.3 Å². The largest absolute Gasteiger partial charge is 0.455 e. The van der Waals surface area contributed by atoms with Crippen LogP contribution in [0, 0.1) is 6.92 Å². The maximum atomic E-state index is 12.9. The van der Waals surface area contributed by atoms with E-state index < -0.39 is 5.97 Å². The second kappa shape index (κ2) is 7.40. The Kier molecular flexibility index (Phi) is 4.79. The number of fused-ring (bicyclic) bond motifs is 1. The number of esters is 1. The van der Waals surface area contributed by atoms with E-state index in [0.29, 0.717) is 21.3 Å². The second-order valence-electron chi connectivity index (χ2n) is 6.12. The molecule has 0 N–H and O–H groups in total. The van der Waals surface area contributed by atoms with Gasteiger partial charge in [-0.1, -0.05) is 36.4 Å². The van der Waals surface area contributed by atoms with Crippen molar-refractivity contribution in [2.45, 2.75) is 6.92 Å². The number of para-hydroxylation sites is 1. The molecule has 0 aliphatic carbocycles. The summed E-state index contributed by atoms with van der Waals surface area (Å²) < 4.78 is 11.9. The van der Waals surface area contributed by atoms with E-state index in [-0.39, 0.29) is 22.3 Å². The number of carbonyl (C=O) groups excluding carboxylic acids is 1. The Bertz CT molecular complexity index is 1250. The lowest BCUT2D eigenvalue weighted by Crippen LogP contribution is -2.13. The maximum absolute atomic E-state index is 12.9. The van der Waals surface area contributed by atoms with Crippen LogP contribution in [0.1, 0.15) is 15.9 Å². The van der Waals surface area contributed by atoms with Crippen LogP contribution in [-0.2, 0) is 0 Å². The van der Waals surface area contributed by atoms with Gasteiger partial charge < -0.3 is 9.15 Å². The van der Waals surface area contributed by atoms with Crippen molar-refractivity contribution in [2.24, 2.45) is 0 Å². The zero-order valence-corrected chi connectivity index (χ0v) is 16.4. The fourth-order valence-corrected chi connectivity index (χ4v) is 3.27. The van der Waals surface area contributed by atoms with E-state index in [1.807, 2.05) is 30.3 Å². The highest BCUT2D eigenvalue weighted by atomic mass is 79.9. The van der Waals surface area contributed by atoms with E-state index in [2.05, 4.69) is 20.9 Å². The molecule has 0 saturated heterocycles. The lowest BCUT2D eigenvalue weighted by Gasteiger charge is -2.10. The van der Waals surface area contributed by atoms with Gasteiger partial charge in [0.15, 0.2) is 16.8 Å². The van der Waals surface area contributed by atoms with Crippen LogP contribution in [0.15, 0.2) is 80.7 Å². The highest BCUT2D eigenvalue weighted by Crippen LogP contribution is 2.28. The summed E-state index contributed by atoms with van der Waals surface area (Å²) in [4.78, 5) is 29.7. The van der Waals surface area contributed by atoms with E-state index in [1.54, 1.807) is 43.5 Å². The molecule has 0 radical (unpaired) electrons. The first kappa shape index (κ1) is 18.1. The monoisotopic (exact) mass is 435 g/mol. The van der Waals surface area contributed by atoms with Crippen molar-refractivity contribution in [2.75, 3.05) is 0 Å². The van der Waals surface area contributed by atoms with Gasteiger partial charge in [0.1, 0.15) is 15.9 Å². The van der Waals surface area contributed by atoms with Gasteiger partial charge in [-0.05, 0) is 47.1 Å². The highest BCUT2D eigenvalue weighted by Gasteiger charge is 2.20. The van der Waals surface area contributed by atoms with Crippen LogP contribution in [0.25, 0.3) is 22.3 Å². The minimum absolute atomic E-state index is 0.169. The zero-order chi connectivity index (χ0) is 19.7. The molecule has 2 aromatic heterocycles. The van der Waals surface area contributed by atoms with Crippen molar-refractivity contribution in [1.82, 2.24) is 4.98 Å². The third-order valence-corrected chi connectivity index (χ3v) is 4.92. The quantitative estimate of drug-likeness (QED) is 0.328. The maximum Gasteiger partial charge on any atom is 0.347 e. The molecule has 0 saturated carbocycles. The molecule has 0 atom stereocenters. The molecule has 0 aliphatic rings. The number of ether oxygens (including phenoxy) is 1. The van der Waals surface area contributed by atoms with Crippen molar-refractivity contribution >= 4 is 32.9 Å². The molecule has 0 unspecified atom stereocenters. The minimum atomic E-state index is -0.634. The molecule has 0 aliphatic heterocycles. The summed E-state index contributed by atoms with van der Waals surface area (Å²) in [5.74, 6) is 0.0773. The first-order valence-corrected chi connectivity index (χ1v) is 9.30. The van der Waals surface area contributed by atoms with Gasteiger partial charge in [0.2, 0.25) is 0 Å². The summed E-state index contributed by atoms with van der Waals surface area (Å²) in [6, 6.07) is 17.4. The Labute approximate surface area is 168 Å². The van der Waals surface area contributed by atoms with Crippen LogP contribution >= 0.6 is 15.9 Å². The molecular formula is C22H14BrNO4. The van der Waals surface area contributed by atoms with Crippen molar-refractivity contribution in [3.8, 4) is 17.1 Å². The first-order valence-electron chi connectivity index (χ1n) is 8.51. The van der Waals surface area contributed by atoms with E-state index in [0.717, 1.165) is 5.56 Å². The molecule has 4 aromatic rings. The number of hydrogen-bond acceptors (Lipinski definition) is 5. The summed E-state index contributed by atoms with van der Waals surface area (Å²) in [7, 11) is 0. The Balaban J connectivity index is 1.88. The number of pyridine rings is 1. The number of halogens is 1. The standard InChI is InChI=1S/C22H14BrNO4/c1-13-18(25)15-9-5-10-16(22(26)27-17-11-6-12-24-21(17)23)20(15)28-19(13)14-7-3-2-4-8-14/h2-12H,1H3. The fourth-order valence-electron chi connectivity index (χ4n) is 2.94. The third kappa shape index (κ3) is 3.23. The van der Waals surface area contributed by atoms with Gasteiger partial charge >= 0.3 is 5.97 Å². The predicted octanol–water partition coefficient (Wildman–Crippen LogP) is 5.15. The van der Waals surface area contributed by atoms with Crippen LogP contribution in [0.2, 0.25) is 0 Å². The normalized spacial score (nSPS) is 10.8. The summed E-state index contributed by atoms with van der Waals surface area (Å²) in [6.07, 6.45) is 1.58. The van der Waals surface area contributed by atoms with Gasteiger partial charge in [0.25, 0.3) is 0 Å². The molecule has 0 fully saturated rings. The molecule has 0 bridgehead atoms. The zero-order valence-electron chi connectivity index (χ0n) is 14.8. The van der Waals surface area contributed by atoms with Gasteiger partial charge in [0.05, 0.1) is 5.39 Å². The van der Waals surface area contributed by atoms with Gasteiger partial charge in [-0.3, -0.25) is 4.79 Å². The van der Waals surface area contributed by atoms with E-state index in [1.165, 1.54) is 0 Å². The van der Waals surface area contributed by atoms with Crippen molar-refractivity contribution < 1.29 is 13.9 Å². The van der Waals surface area contributed by atoms with Crippen molar-refractivity contribution in [1.29, 1.82) is 0 Å². The lowest BCUT2D eigenvalue weighted by molar-refractivity contribution is 0.0733. The molecular weight excluding hydrogens is 422 g/mol. The van der Waals surface area contributed by atoms with Crippen LogP contribution in [0.3, 0.4) is 0 Å². The van der Waals surface area contributed by atoms with Crippen molar-refractivity contribution in [3.63, 3.8) is 0 Å². The Morgan fingerprint density at radius 2 is 1.82 bits per heavy atom. The SMILES string of the molecule is Cc1c(-c2ccccc2)oc2c(C(=O)Oc3cccnc3Br)cccc2c1=O. The molecule has 0 amide bonds. The van der Waals surface area contributed by atoms with Gasteiger partial charge in [-0.25, -0.2) is 9.78 Å². The molecule has 28 heavy (non-hydrogen) atoms. The van der Waals surface area contributed by atoms with E-state index in [9.17, 15) is 9.59 Å². The van der Waals surface area contributed by atoms with Crippen LogP contribution < -0.4 is 10.2 Å². The van der Waals surface area contributed by atoms with E-state index >= 15 is 0 Å². The summed E-state index contributed by atoms with van der Waals surface area (Å²) in [5.41, 5.74) is 1.43. The molecule has 2 heterocycles. The molecule has 5 nitrogen and oxygen atoms in total. The number of benzene rings is 2. The highest BCUT2D eigenvalue weighted by molar-refractivity contribution is 9.10. The number of nitrogens with zero attached hydrogens (tertiary/aromatic N) is 1. The third-order valence-electron chi connectivity index (χ3n) is 4.33. The second-order valence-corrected chi connectivity index (χ2v) is 6.87. The molecule has 6 heteroatoms. The summed E-state index contributed by atoms with van der Waals surface area (Å²) >= 11 is 3.25. The summed E-state index contributed by atoms with van der Waals surface area (Å²) in [6.45, 7) is 1.71. The molecule has 4 rings (SSSR count). The van der Waals surface area contributed by atoms with Crippen molar-refractivity contribution in [3.05, 3.63) is 92.8 Å². The number of aromatic nitrogens is 1. The van der Waals surface area contributed by atoms with Gasteiger partial charge in [-0.2, -0.15) is 0 Å². The predicted molar refractivity (Wildman–Crippen MR) is 110 cm³/mol. The number of carbonyl (C=O) groups is 1. The van der Waals surface area contributed by atoms with Crippen LogP contribution in [0.5, 0.6) is 5.75 Å². The van der Waals surface area contributed by atoms with Gasteiger partial charge in [-0.15, -0.1) is 0 Å².